The van der Waals surface area contributed by atoms with Crippen molar-refractivity contribution in [3.05, 3.63) is 27.9 Å². The number of aromatic nitrogens is 1. The number of hydrogen-bond acceptors (Lipinski definition) is 5. The number of pyridine rings is 1. The van der Waals surface area contributed by atoms with Crippen LogP contribution in [0.3, 0.4) is 0 Å². The van der Waals surface area contributed by atoms with E-state index in [1.54, 1.807) is 11.8 Å². The highest BCUT2D eigenvalue weighted by atomic mass is 16.6. The lowest BCUT2D eigenvalue weighted by Gasteiger charge is -2.21. The third-order valence-corrected chi connectivity index (χ3v) is 2.84. The Morgan fingerprint density at radius 3 is 2.83 bits per heavy atom. The van der Waals surface area contributed by atoms with Gasteiger partial charge < -0.3 is 10.0 Å². The molecule has 0 radical (unpaired) electrons. The first-order chi connectivity index (χ1) is 8.49. The van der Waals surface area contributed by atoms with Gasteiger partial charge in [-0.1, -0.05) is 0 Å². The maximum atomic E-state index is 10.8. The molecule has 1 fully saturated rings. The van der Waals surface area contributed by atoms with Crippen molar-refractivity contribution in [1.29, 1.82) is 0 Å². The first-order valence-electron chi connectivity index (χ1n) is 5.58. The zero-order valence-corrected chi connectivity index (χ0v) is 9.87. The highest BCUT2D eigenvalue weighted by Crippen LogP contribution is 2.32. The predicted molar refractivity (Wildman–Crippen MR) is 63.6 cm³/mol. The van der Waals surface area contributed by atoms with Gasteiger partial charge >= 0.3 is 5.97 Å². The molecule has 1 aromatic heterocycles. The van der Waals surface area contributed by atoms with Crippen molar-refractivity contribution in [1.82, 2.24) is 4.98 Å². The number of rotatable bonds is 5. The Balaban J connectivity index is 2.32. The van der Waals surface area contributed by atoms with Crippen molar-refractivity contribution in [2.45, 2.75) is 25.8 Å². The van der Waals surface area contributed by atoms with Gasteiger partial charge in [0.2, 0.25) is 0 Å². The Labute approximate surface area is 103 Å². The van der Waals surface area contributed by atoms with Crippen LogP contribution in [0.2, 0.25) is 0 Å². The molecular weight excluding hydrogens is 238 g/mol. The first-order valence-corrected chi connectivity index (χ1v) is 5.58. The van der Waals surface area contributed by atoms with E-state index < -0.39 is 10.9 Å². The van der Waals surface area contributed by atoms with E-state index in [0.717, 1.165) is 12.8 Å². The molecule has 2 rings (SSSR count). The van der Waals surface area contributed by atoms with Crippen molar-refractivity contribution >= 4 is 17.5 Å². The maximum absolute atomic E-state index is 10.8. The average molecular weight is 251 g/mol. The maximum Gasteiger partial charge on any atom is 0.323 e. The fourth-order valence-corrected chi connectivity index (χ4v) is 1.79. The molecule has 1 aromatic rings. The number of hydrogen-bond donors (Lipinski definition) is 1. The highest BCUT2D eigenvalue weighted by molar-refractivity contribution is 5.74. The molecule has 7 heteroatoms. The Morgan fingerprint density at radius 1 is 1.67 bits per heavy atom. The summed E-state index contributed by atoms with van der Waals surface area (Å²) < 4.78 is 0. The van der Waals surface area contributed by atoms with Crippen LogP contribution in [0.1, 0.15) is 18.4 Å². The second-order valence-corrected chi connectivity index (χ2v) is 4.34. The number of carboxylic acids is 1. The topological polar surface area (TPSA) is 96.6 Å². The summed E-state index contributed by atoms with van der Waals surface area (Å²) in [5.41, 5.74) is 0.436. The molecule has 1 N–H and O–H groups in total. The van der Waals surface area contributed by atoms with Gasteiger partial charge in [-0.2, -0.15) is 0 Å². The molecule has 0 saturated heterocycles. The number of nitrogens with zero attached hydrogens (tertiary/aromatic N) is 3. The van der Waals surface area contributed by atoms with E-state index in [-0.39, 0.29) is 18.3 Å². The molecule has 0 unspecified atom stereocenters. The smallest absolute Gasteiger partial charge is 0.323 e. The summed E-state index contributed by atoms with van der Waals surface area (Å²) in [6, 6.07) is 1.48. The third-order valence-electron chi connectivity index (χ3n) is 2.84. The van der Waals surface area contributed by atoms with Gasteiger partial charge in [-0.25, -0.2) is 4.98 Å². The van der Waals surface area contributed by atoms with Crippen LogP contribution in [0.5, 0.6) is 0 Å². The Morgan fingerprint density at radius 2 is 2.33 bits per heavy atom. The molecule has 18 heavy (non-hydrogen) atoms. The minimum atomic E-state index is -0.966. The van der Waals surface area contributed by atoms with Gasteiger partial charge in [0.25, 0.3) is 5.69 Å². The lowest BCUT2D eigenvalue weighted by atomic mass is 10.2. The molecule has 1 aliphatic rings. The van der Waals surface area contributed by atoms with Gasteiger partial charge in [-0.05, 0) is 19.8 Å². The van der Waals surface area contributed by atoms with Gasteiger partial charge in [0.1, 0.15) is 12.4 Å². The summed E-state index contributed by atoms with van der Waals surface area (Å²) in [7, 11) is 0. The molecule has 1 saturated carbocycles. The molecule has 0 aromatic carbocycles. The number of aryl methyl sites for hydroxylation is 1. The molecule has 0 spiro atoms. The van der Waals surface area contributed by atoms with Crippen LogP contribution in [0, 0.1) is 17.0 Å². The summed E-state index contributed by atoms with van der Waals surface area (Å²) in [6.45, 7) is 1.42. The zero-order valence-electron chi connectivity index (χ0n) is 9.87. The SMILES string of the molecule is Cc1cnc(N(CC(=O)O)C2CC2)cc1[N+](=O)[O-]. The molecule has 0 atom stereocenters. The van der Waals surface area contributed by atoms with Crippen LogP contribution in [-0.4, -0.2) is 33.6 Å². The van der Waals surface area contributed by atoms with Gasteiger partial charge in [0.15, 0.2) is 0 Å². The van der Waals surface area contributed by atoms with Crippen molar-refractivity contribution < 1.29 is 14.8 Å². The van der Waals surface area contributed by atoms with E-state index in [4.69, 9.17) is 5.11 Å². The minimum absolute atomic E-state index is 0.0314. The molecule has 0 aliphatic heterocycles. The fraction of sp³-hybridized carbons (Fsp3) is 0.455. The van der Waals surface area contributed by atoms with Crippen LogP contribution in [0.25, 0.3) is 0 Å². The Bertz CT molecular complexity index is 499. The van der Waals surface area contributed by atoms with Crippen molar-refractivity contribution in [3.8, 4) is 0 Å². The van der Waals surface area contributed by atoms with Crippen LogP contribution in [0.15, 0.2) is 12.3 Å². The van der Waals surface area contributed by atoms with Gasteiger partial charge in [-0.3, -0.25) is 14.9 Å². The molecular formula is C11H13N3O4. The predicted octanol–water partition coefficient (Wildman–Crippen LogP) is 1.35. The molecule has 1 heterocycles. The molecule has 0 bridgehead atoms. The number of aliphatic carboxylic acids is 1. The van der Waals surface area contributed by atoms with Crippen LogP contribution >= 0.6 is 0 Å². The summed E-state index contributed by atoms with van der Waals surface area (Å²) in [5.74, 6) is -0.607. The summed E-state index contributed by atoms with van der Waals surface area (Å²) in [5, 5.41) is 19.7. The van der Waals surface area contributed by atoms with Crippen LogP contribution < -0.4 is 4.90 Å². The number of carbonyl (C=O) groups is 1. The van der Waals surface area contributed by atoms with Crippen molar-refractivity contribution in [2.24, 2.45) is 0 Å². The van der Waals surface area contributed by atoms with Crippen molar-refractivity contribution in [3.63, 3.8) is 0 Å². The average Bonchev–Trinajstić information content (AvgIpc) is 3.10. The molecule has 7 nitrogen and oxygen atoms in total. The second-order valence-electron chi connectivity index (χ2n) is 4.34. The summed E-state index contributed by atoms with van der Waals surface area (Å²) in [6.07, 6.45) is 3.21. The van der Waals surface area contributed by atoms with Crippen LogP contribution in [0.4, 0.5) is 11.5 Å². The van der Waals surface area contributed by atoms with Gasteiger partial charge in [0.05, 0.1) is 11.0 Å². The lowest BCUT2D eigenvalue weighted by Crippen LogP contribution is -2.32. The minimum Gasteiger partial charge on any atom is -0.480 e. The molecule has 0 amide bonds. The number of nitro groups is 1. The van der Waals surface area contributed by atoms with Crippen molar-refractivity contribution in [2.75, 3.05) is 11.4 Å². The van der Waals surface area contributed by atoms with E-state index in [2.05, 4.69) is 4.98 Å². The fourth-order valence-electron chi connectivity index (χ4n) is 1.79. The van der Waals surface area contributed by atoms with Crippen LogP contribution in [-0.2, 0) is 4.79 Å². The highest BCUT2D eigenvalue weighted by Gasteiger charge is 2.32. The number of anilines is 1. The van der Waals surface area contributed by atoms with Gasteiger partial charge in [-0.15, -0.1) is 0 Å². The lowest BCUT2D eigenvalue weighted by molar-refractivity contribution is -0.385. The molecule has 96 valence electrons. The van der Waals surface area contributed by atoms with E-state index in [0.29, 0.717) is 11.4 Å². The molecule has 1 aliphatic carbocycles. The van der Waals surface area contributed by atoms with E-state index in [1.807, 2.05) is 0 Å². The largest absolute Gasteiger partial charge is 0.480 e. The quantitative estimate of drug-likeness (QED) is 0.626. The first kappa shape index (κ1) is 12.3. The summed E-state index contributed by atoms with van der Waals surface area (Å²) >= 11 is 0. The van der Waals surface area contributed by atoms with Gasteiger partial charge in [0, 0.05) is 17.8 Å². The number of carboxylic acid groups (broad SMARTS) is 1. The van der Waals surface area contributed by atoms with E-state index in [1.165, 1.54) is 12.3 Å². The Kier molecular flexibility index (Phi) is 3.14. The monoisotopic (exact) mass is 251 g/mol. The summed E-state index contributed by atoms with van der Waals surface area (Å²) in [4.78, 5) is 26.9. The third kappa shape index (κ3) is 2.55. The standard InChI is InChI=1S/C11H13N3O4/c1-7-5-12-10(4-9(7)14(17)18)13(6-11(15)16)8-2-3-8/h4-5,8H,2-3,6H2,1H3,(H,15,16). The van der Waals surface area contributed by atoms with E-state index in [9.17, 15) is 14.9 Å². The Hall–Kier alpha value is -2.18. The zero-order chi connectivity index (χ0) is 13.3. The van der Waals surface area contributed by atoms with E-state index >= 15 is 0 Å². The normalized spacial score (nSPS) is 14.3. The second kappa shape index (κ2) is 4.59.